The molecule has 0 saturated carbocycles. The van der Waals surface area contributed by atoms with Crippen LogP contribution >= 0.6 is 0 Å². The molecule has 94 valence electrons. The number of rotatable bonds is 4. The lowest BCUT2D eigenvalue weighted by Gasteiger charge is -2.11. The summed E-state index contributed by atoms with van der Waals surface area (Å²) in [6.07, 6.45) is 2.01. The van der Waals surface area contributed by atoms with Crippen LogP contribution < -0.4 is 4.74 Å². The average molecular weight is 248 g/mol. The Morgan fingerprint density at radius 2 is 2.44 bits per heavy atom. The van der Waals surface area contributed by atoms with E-state index in [0.717, 1.165) is 19.4 Å². The molecule has 1 heterocycles. The van der Waals surface area contributed by atoms with Gasteiger partial charge in [0.1, 0.15) is 24.0 Å². The predicted octanol–water partition coefficient (Wildman–Crippen LogP) is 2.02. The van der Waals surface area contributed by atoms with E-state index in [2.05, 4.69) is 0 Å². The highest BCUT2D eigenvalue weighted by Gasteiger charge is 2.18. The van der Waals surface area contributed by atoms with Crippen molar-refractivity contribution in [3.8, 4) is 11.8 Å². The molecule has 6 nitrogen and oxygen atoms in total. The molecule has 1 aromatic rings. The summed E-state index contributed by atoms with van der Waals surface area (Å²) in [6.45, 7) is 1.12. The maximum atomic E-state index is 10.8. The van der Waals surface area contributed by atoms with Gasteiger partial charge in [-0.1, -0.05) is 0 Å². The first-order valence-electron chi connectivity index (χ1n) is 5.63. The molecule has 1 fully saturated rings. The number of benzene rings is 1. The van der Waals surface area contributed by atoms with Crippen molar-refractivity contribution in [2.24, 2.45) is 0 Å². The van der Waals surface area contributed by atoms with Crippen molar-refractivity contribution in [3.63, 3.8) is 0 Å². The fourth-order valence-electron chi connectivity index (χ4n) is 1.81. The van der Waals surface area contributed by atoms with Crippen LogP contribution in [0.2, 0.25) is 0 Å². The van der Waals surface area contributed by atoms with Gasteiger partial charge in [0.25, 0.3) is 5.69 Å². The minimum absolute atomic E-state index is 0.0319. The lowest BCUT2D eigenvalue weighted by Crippen LogP contribution is -2.16. The van der Waals surface area contributed by atoms with Gasteiger partial charge in [0.2, 0.25) is 0 Å². The zero-order valence-corrected chi connectivity index (χ0v) is 9.67. The van der Waals surface area contributed by atoms with E-state index in [9.17, 15) is 10.1 Å². The molecule has 0 amide bonds. The van der Waals surface area contributed by atoms with E-state index in [-0.39, 0.29) is 17.4 Å². The molecule has 0 aliphatic carbocycles. The largest absolute Gasteiger partial charge is 0.491 e. The van der Waals surface area contributed by atoms with Crippen LogP contribution in [0.25, 0.3) is 0 Å². The maximum Gasteiger partial charge on any atom is 0.290 e. The third-order valence-corrected chi connectivity index (χ3v) is 2.75. The number of hydrogen-bond acceptors (Lipinski definition) is 5. The number of ether oxygens (including phenoxy) is 2. The van der Waals surface area contributed by atoms with E-state index >= 15 is 0 Å². The van der Waals surface area contributed by atoms with Crippen LogP contribution in [0.1, 0.15) is 18.4 Å². The number of nitriles is 1. The summed E-state index contributed by atoms with van der Waals surface area (Å²) in [5.74, 6) is 0.385. The van der Waals surface area contributed by atoms with E-state index < -0.39 is 4.92 Å². The molecule has 1 aliphatic rings. The molecule has 2 rings (SSSR count). The average Bonchev–Trinajstić information content (AvgIpc) is 2.89. The minimum Gasteiger partial charge on any atom is -0.491 e. The summed E-state index contributed by atoms with van der Waals surface area (Å²) in [7, 11) is 0. The summed E-state index contributed by atoms with van der Waals surface area (Å²) >= 11 is 0. The SMILES string of the molecule is N#Cc1ccc(OCC2CCCO2)cc1[N+](=O)[O-]. The van der Waals surface area contributed by atoms with E-state index in [1.54, 1.807) is 12.1 Å². The summed E-state index contributed by atoms with van der Waals surface area (Å²) in [5.41, 5.74) is -0.202. The Morgan fingerprint density at radius 1 is 1.61 bits per heavy atom. The van der Waals surface area contributed by atoms with Crippen molar-refractivity contribution in [2.45, 2.75) is 18.9 Å². The van der Waals surface area contributed by atoms with Gasteiger partial charge < -0.3 is 9.47 Å². The van der Waals surface area contributed by atoms with Gasteiger partial charge in [-0.3, -0.25) is 10.1 Å². The van der Waals surface area contributed by atoms with Crippen LogP contribution in [0.3, 0.4) is 0 Å². The standard InChI is InChI=1S/C12H12N2O4/c13-7-9-3-4-10(6-12(9)14(15)16)18-8-11-2-1-5-17-11/h3-4,6,11H,1-2,5,8H2. The van der Waals surface area contributed by atoms with Gasteiger partial charge in [0, 0.05) is 6.61 Å². The highest BCUT2D eigenvalue weighted by Crippen LogP contribution is 2.24. The molecule has 0 aromatic heterocycles. The van der Waals surface area contributed by atoms with Crippen LogP contribution in [0.15, 0.2) is 18.2 Å². The fraction of sp³-hybridized carbons (Fsp3) is 0.417. The monoisotopic (exact) mass is 248 g/mol. The van der Waals surface area contributed by atoms with Crippen LogP contribution in [0.5, 0.6) is 5.75 Å². The molecule has 0 bridgehead atoms. The maximum absolute atomic E-state index is 10.8. The lowest BCUT2D eigenvalue weighted by molar-refractivity contribution is -0.385. The third kappa shape index (κ3) is 2.76. The van der Waals surface area contributed by atoms with Crippen LogP contribution in [-0.4, -0.2) is 24.2 Å². The van der Waals surface area contributed by atoms with E-state index in [1.165, 1.54) is 12.1 Å². The normalized spacial score (nSPS) is 18.3. The Morgan fingerprint density at radius 3 is 3.06 bits per heavy atom. The first-order chi connectivity index (χ1) is 8.70. The molecule has 1 atom stereocenters. The van der Waals surface area contributed by atoms with Crippen LogP contribution in [-0.2, 0) is 4.74 Å². The van der Waals surface area contributed by atoms with Crippen molar-refractivity contribution in [2.75, 3.05) is 13.2 Å². The van der Waals surface area contributed by atoms with Crippen LogP contribution in [0, 0.1) is 21.4 Å². The highest BCUT2D eigenvalue weighted by molar-refractivity contribution is 5.52. The molecule has 1 aromatic carbocycles. The molecule has 0 spiro atoms. The molecule has 6 heteroatoms. The zero-order valence-electron chi connectivity index (χ0n) is 9.67. The predicted molar refractivity (Wildman–Crippen MR) is 62.3 cm³/mol. The first-order valence-corrected chi connectivity index (χ1v) is 5.63. The molecular formula is C12H12N2O4. The first kappa shape index (κ1) is 12.3. The Kier molecular flexibility index (Phi) is 3.75. The Labute approximate surface area is 104 Å². The van der Waals surface area contributed by atoms with Gasteiger partial charge in [-0.25, -0.2) is 0 Å². The molecular weight excluding hydrogens is 236 g/mol. The van der Waals surface area contributed by atoms with Crippen molar-refractivity contribution in [1.82, 2.24) is 0 Å². The number of hydrogen-bond donors (Lipinski definition) is 0. The second-order valence-electron chi connectivity index (χ2n) is 3.99. The Hall–Kier alpha value is -2.13. The zero-order chi connectivity index (χ0) is 13.0. The molecule has 18 heavy (non-hydrogen) atoms. The third-order valence-electron chi connectivity index (χ3n) is 2.75. The molecule has 1 aliphatic heterocycles. The van der Waals surface area contributed by atoms with Crippen molar-refractivity contribution < 1.29 is 14.4 Å². The quantitative estimate of drug-likeness (QED) is 0.601. The minimum atomic E-state index is -0.586. The van der Waals surface area contributed by atoms with Crippen molar-refractivity contribution in [3.05, 3.63) is 33.9 Å². The Balaban J connectivity index is 2.07. The van der Waals surface area contributed by atoms with Gasteiger partial charge in [0.05, 0.1) is 17.1 Å². The lowest BCUT2D eigenvalue weighted by atomic mass is 10.2. The number of nitro groups is 1. The molecule has 1 saturated heterocycles. The molecule has 1 unspecified atom stereocenters. The van der Waals surface area contributed by atoms with Crippen molar-refractivity contribution >= 4 is 5.69 Å². The number of nitro benzene ring substituents is 1. The van der Waals surface area contributed by atoms with Gasteiger partial charge in [-0.2, -0.15) is 5.26 Å². The second-order valence-corrected chi connectivity index (χ2v) is 3.99. The van der Waals surface area contributed by atoms with Gasteiger partial charge in [-0.15, -0.1) is 0 Å². The topological polar surface area (TPSA) is 85.4 Å². The smallest absolute Gasteiger partial charge is 0.290 e. The molecule has 0 radical (unpaired) electrons. The number of nitrogens with zero attached hydrogens (tertiary/aromatic N) is 2. The van der Waals surface area contributed by atoms with Gasteiger partial charge in [-0.05, 0) is 25.0 Å². The second kappa shape index (κ2) is 5.47. The summed E-state index contributed by atoms with van der Waals surface area (Å²) in [6, 6.07) is 6.00. The fourth-order valence-corrected chi connectivity index (χ4v) is 1.81. The van der Waals surface area contributed by atoms with Gasteiger partial charge in [0.15, 0.2) is 0 Å². The summed E-state index contributed by atoms with van der Waals surface area (Å²) in [4.78, 5) is 10.2. The van der Waals surface area contributed by atoms with Gasteiger partial charge >= 0.3 is 0 Å². The summed E-state index contributed by atoms with van der Waals surface area (Å²) < 4.78 is 10.8. The van der Waals surface area contributed by atoms with E-state index in [1.807, 2.05) is 0 Å². The highest BCUT2D eigenvalue weighted by atomic mass is 16.6. The van der Waals surface area contributed by atoms with Crippen LogP contribution in [0.4, 0.5) is 5.69 Å². The van der Waals surface area contributed by atoms with E-state index in [4.69, 9.17) is 14.7 Å². The molecule has 0 N–H and O–H groups in total. The van der Waals surface area contributed by atoms with Crippen molar-refractivity contribution in [1.29, 1.82) is 5.26 Å². The Bertz CT molecular complexity index is 489. The summed E-state index contributed by atoms with van der Waals surface area (Å²) in [5, 5.41) is 19.5. The van der Waals surface area contributed by atoms with E-state index in [0.29, 0.717) is 12.4 Å².